The molecule has 0 saturated carbocycles. The zero-order valence-electron chi connectivity index (χ0n) is 26.7. The van der Waals surface area contributed by atoms with Gasteiger partial charge in [-0.2, -0.15) is 0 Å². The molecule has 1 atom stereocenters. The van der Waals surface area contributed by atoms with Gasteiger partial charge >= 0.3 is 0 Å². The van der Waals surface area contributed by atoms with Crippen molar-refractivity contribution < 1.29 is 18.0 Å². The number of anilines is 2. The van der Waals surface area contributed by atoms with Crippen molar-refractivity contribution in [2.45, 2.75) is 70.3 Å². The largest absolute Gasteiger partial charge is 0.370 e. The number of aromatic amines is 1. The first-order valence-corrected chi connectivity index (χ1v) is 16.9. The average molecular weight is 645 g/mol. The van der Waals surface area contributed by atoms with Crippen LogP contribution in [-0.4, -0.2) is 53.4 Å². The molecule has 2 amide bonds. The molecule has 46 heavy (non-hydrogen) atoms. The van der Waals surface area contributed by atoms with Crippen molar-refractivity contribution in [3.8, 4) is 0 Å². The van der Waals surface area contributed by atoms with Crippen LogP contribution in [0.3, 0.4) is 0 Å². The molecular weight excluding hydrogens is 604 g/mol. The summed E-state index contributed by atoms with van der Waals surface area (Å²) in [6.07, 6.45) is 2.20. The zero-order chi connectivity index (χ0) is 33.2. The van der Waals surface area contributed by atoms with Gasteiger partial charge in [0.05, 0.1) is 33.9 Å². The number of nitrogens with zero attached hydrogens (tertiary/aromatic N) is 2. The molecule has 3 heterocycles. The number of aromatic nitrogens is 2. The molecular formula is C34H40N6O5S. The standard InChI is InChI=1S/C34H40N6O5S/c1-6-11-40-17-28-21(4)12-23(13-22(28)5)32(39-26-7-9-29-27(15-26)33(42)37-19-36-29)34(43)35-16-24-14-25(38-31(41)18-40)8-10-30(24)46(44,45)20(2)3/h7-10,12-15,19-20,32,39H,6,11,16-18H2,1-5H3,(H,35,43)(H,38,41)(H,36,37,42). The summed E-state index contributed by atoms with van der Waals surface area (Å²) < 4.78 is 26.6. The van der Waals surface area contributed by atoms with Crippen molar-refractivity contribution in [3.05, 3.63) is 93.0 Å². The van der Waals surface area contributed by atoms with E-state index in [4.69, 9.17) is 0 Å². The van der Waals surface area contributed by atoms with Gasteiger partial charge in [-0.15, -0.1) is 0 Å². The quantitative estimate of drug-likeness (QED) is 0.242. The summed E-state index contributed by atoms with van der Waals surface area (Å²) in [5.74, 6) is -0.607. The van der Waals surface area contributed by atoms with Gasteiger partial charge in [0, 0.05) is 24.5 Å². The predicted molar refractivity (Wildman–Crippen MR) is 179 cm³/mol. The van der Waals surface area contributed by atoms with Gasteiger partial charge in [0.15, 0.2) is 9.84 Å². The first-order chi connectivity index (χ1) is 21.9. The first-order valence-electron chi connectivity index (χ1n) is 15.4. The predicted octanol–water partition coefficient (Wildman–Crippen LogP) is 4.36. The van der Waals surface area contributed by atoms with E-state index in [1.807, 2.05) is 26.0 Å². The Morgan fingerprint density at radius 1 is 1.00 bits per heavy atom. The van der Waals surface area contributed by atoms with E-state index < -0.39 is 27.0 Å². The summed E-state index contributed by atoms with van der Waals surface area (Å²) in [4.78, 5) is 48.7. The fourth-order valence-electron chi connectivity index (χ4n) is 5.84. The highest BCUT2D eigenvalue weighted by molar-refractivity contribution is 7.92. The monoisotopic (exact) mass is 644 g/mol. The number of sulfone groups is 1. The summed E-state index contributed by atoms with van der Waals surface area (Å²) in [5.41, 5.74) is 5.29. The second kappa shape index (κ2) is 13.4. The van der Waals surface area contributed by atoms with Crippen LogP contribution < -0.4 is 21.5 Å². The maximum atomic E-state index is 14.1. The van der Waals surface area contributed by atoms with Gasteiger partial charge in [-0.1, -0.05) is 19.1 Å². The summed E-state index contributed by atoms with van der Waals surface area (Å²) in [6, 6.07) is 12.8. The number of H-pyrrole nitrogens is 1. The number of fused-ring (bicyclic) bond motifs is 10. The summed E-state index contributed by atoms with van der Waals surface area (Å²) in [5, 5.41) is 8.86. The van der Waals surface area contributed by atoms with Gasteiger partial charge in [0.1, 0.15) is 6.04 Å². The maximum Gasteiger partial charge on any atom is 0.258 e. The topological polar surface area (TPSA) is 153 Å². The molecule has 0 saturated heterocycles. The molecule has 4 aromatic rings. The lowest BCUT2D eigenvalue weighted by Gasteiger charge is -2.26. The third-order valence-electron chi connectivity index (χ3n) is 8.28. The molecule has 6 rings (SSSR count). The van der Waals surface area contributed by atoms with Crippen LogP contribution in [-0.2, 0) is 32.5 Å². The second-order valence-corrected chi connectivity index (χ2v) is 14.5. The number of benzene rings is 3. The molecule has 242 valence electrons. The molecule has 0 fully saturated rings. The molecule has 11 nitrogen and oxygen atoms in total. The minimum Gasteiger partial charge on any atom is -0.370 e. The number of aryl methyl sites for hydroxylation is 2. The normalized spacial score (nSPS) is 16.4. The van der Waals surface area contributed by atoms with E-state index in [0.29, 0.717) is 46.5 Å². The van der Waals surface area contributed by atoms with Crippen molar-refractivity contribution in [1.29, 1.82) is 0 Å². The molecule has 12 heteroatoms. The fraction of sp³-hybridized carbons (Fsp3) is 0.353. The van der Waals surface area contributed by atoms with Crippen LogP contribution in [0.2, 0.25) is 0 Å². The highest BCUT2D eigenvalue weighted by Crippen LogP contribution is 2.29. The molecule has 4 bridgehead atoms. The molecule has 3 aromatic carbocycles. The van der Waals surface area contributed by atoms with E-state index in [1.54, 1.807) is 44.2 Å². The van der Waals surface area contributed by atoms with Gasteiger partial charge in [-0.05, 0) is 105 Å². The lowest BCUT2D eigenvalue weighted by Crippen LogP contribution is -2.35. The number of carbonyl (C=O) groups is 2. The van der Waals surface area contributed by atoms with E-state index in [1.165, 1.54) is 12.4 Å². The fourth-order valence-corrected chi connectivity index (χ4v) is 7.10. The lowest BCUT2D eigenvalue weighted by molar-refractivity contribution is -0.122. The number of nitrogens with one attached hydrogen (secondary N) is 4. The van der Waals surface area contributed by atoms with Crippen molar-refractivity contribution in [2.24, 2.45) is 0 Å². The van der Waals surface area contributed by atoms with Crippen LogP contribution in [0.25, 0.3) is 10.9 Å². The molecule has 0 spiro atoms. The Hall–Kier alpha value is -4.55. The highest BCUT2D eigenvalue weighted by Gasteiger charge is 2.27. The van der Waals surface area contributed by atoms with E-state index >= 15 is 0 Å². The second-order valence-electron chi connectivity index (χ2n) is 12.1. The van der Waals surface area contributed by atoms with Gasteiger partial charge < -0.3 is 20.9 Å². The van der Waals surface area contributed by atoms with Crippen molar-refractivity contribution >= 4 is 43.9 Å². The number of amides is 2. The molecule has 2 aliphatic rings. The smallest absolute Gasteiger partial charge is 0.258 e. The summed E-state index contributed by atoms with van der Waals surface area (Å²) in [7, 11) is -3.70. The maximum absolute atomic E-state index is 14.1. The van der Waals surface area contributed by atoms with Gasteiger partial charge in [0.2, 0.25) is 11.8 Å². The molecule has 0 aliphatic carbocycles. The third-order valence-corrected chi connectivity index (χ3v) is 10.5. The van der Waals surface area contributed by atoms with Crippen LogP contribution in [0.4, 0.5) is 11.4 Å². The van der Waals surface area contributed by atoms with E-state index in [-0.39, 0.29) is 29.5 Å². The zero-order valence-corrected chi connectivity index (χ0v) is 27.5. The van der Waals surface area contributed by atoms with Crippen LogP contribution in [0.15, 0.2) is 64.5 Å². The SMILES string of the molecule is CCCN1CC(=O)Nc2ccc(S(=O)(=O)C(C)C)c(c2)CNC(=O)C(Nc2ccc3nc[nH]c(=O)c3c2)c2cc(C)c(c(C)c2)C1. The first kappa shape index (κ1) is 32.8. The molecule has 0 radical (unpaired) electrons. The number of hydrogen-bond donors (Lipinski definition) is 4. The number of hydrogen-bond acceptors (Lipinski definition) is 8. The Bertz CT molecular complexity index is 1950. The van der Waals surface area contributed by atoms with E-state index in [0.717, 1.165) is 23.1 Å². The molecule has 1 unspecified atom stereocenters. The van der Waals surface area contributed by atoms with E-state index in [9.17, 15) is 22.8 Å². The Labute approximate surface area is 268 Å². The van der Waals surface area contributed by atoms with Crippen LogP contribution in [0.1, 0.15) is 61.1 Å². The number of carbonyl (C=O) groups excluding carboxylic acids is 2. The Morgan fingerprint density at radius 2 is 1.74 bits per heavy atom. The van der Waals surface area contributed by atoms with Gasteiger partial charge in [-0.25, -0.2) is 13.4 Å². The lowest BCUT2D eigenvalue weighted by atomic mass is 9.94. The minimum absolute atomic E-state index is 0.0938. The average Bonchev–Trinajstić information content (AvgIpc) is 3.00. The Balaban J connectivity index is 1.62. The molecule has 4 N–H and O–H groups in total. The Morgan fingerprint density at radius 3 is 2.43 bits per heavy atom. The summed E-state index contributed by atoms with van der Waals surface area (Å²) >= 11 is 0. The van der Waals surface area contributed by atoms with Crippen LogP contribution >= 0.6 is 0 Å². The van der Waals surface area contributed by atoms with Crippen LogP contribution in [0.5, 0.6) is 0 Å². The van der Waals surface area contributed by atoms with E-state index in [2.05, 4.69) is 37.7 Å². The summed E-state index contributed by atoms with van der Waals surface area (Å²) in [6.45, 7) is 10.6. The molecule has 1 aromatic heterocycles. The highest BCUT2D eigenvalue weighted by atomic mass is 32.2. The van der Waals surface area contributed by atoms with Gasteiger partial charge in [-0.3, -0.25) is 19.3 Å². The van der Waals surface area contributed by atoms with Crippen molar-refractivity contribution in [1.82, 2.24) is 20.2 Å². The minimum atomic E-state index is -3.70. The van der Waals surface area contributed by atoms with Gasteiger partial charge in [0.25, 0.3) is 5.56 Å². The molecule has 2 aliphatic heterocycles. The number of rotatable bonds is 6. The van der Waals surface area contributed by atoms with Crippen LogP contribution in [0, 0.1) is 13.8 Å². The van der Waals surface area contributed by atoms with Crippen molar-refractivity contribution in [3.63, 3.8) is 0 Å². The third kappa shape index (κ3) is 6.97. The van der Waals surface area contributed by atoms with Crippen molar-refractivity contribution in [2.75, 3.05) is 23.7 Å². The Kier molecular flexibility index (Phi) is 9.59.